The van der Waals surface area contributed by atoms with Gasteiger partial charge in [0.1, 0.15) is 11.4 Å². The van der Waals surface area contributed by atoms with Crippen LogP contribution in [0.3, 0.4) is 0 Å². The lowest BCUT2D eigenvalue weighted by Gasteiger charge is -2.48. The predicted molar refractivity (Wildman–Crippen MR) is 73.0 cm³/mol. The highest BCUT2D eigenvalue weighted by molar-refractivity contribution is 5.79. The largest absolute Gasteiger partial charge is 0.484 e. The zero-order chi connectivity index (χ0) is 14.0. The van der Waals surface area contributed by atoms with E-state index in [9.17, 15) is 9.90 Å². The van der Waals surface area contributed by atoms with Gasteiger partial charge in [0.25, 0.3) is 5.91 Å². The van der Waals surface area contributed by atoms with Crippen LogP contribution in [0, 0.1) is 12.8 Å². The van der Waals surface area contributed by atoms with Crippen molar-refractivity contribution in [3.63, 3.8) is 0 Å². The second kappa shape index (κ2) is 5.21. The number of ether oxygens (including phenoxy) is 1. The number of carbonyl (C=O) groups excluding carboxylic acids is 1. The maximum absolute atomic E-state index is 11.9. The molecule has 0 aromatic heterocycles. The molecular formula is C15H21NO3. The first-order valence-corrected chi connectivity index (χ1v) is 6.61. The number of likely N-dealkylation sites (tertiary alicyclic amines) is 1. The van der Waals surface area contributed by atoms with Crippen LogP contribution >= 0.6 is 0 Å². The van der Waals surface area contributed by atoms with Crippen molar-refractivity contribution in [1.82, 2.24) is 4.90 Å². The van der Waals surface area contributed by atoms with Crippen LogP contribution in [0.25, 0.3) is 0 Å². The molecule has 1 heterocycles. The summed E-state index contributed by atoms with van der Waals surface area (Å²) in [4.78, 5) is 13.5. The van der Waals surface area contributed by atoms with Crippen LogP contribution < -0.4 is 4.74 Å². The molecule has 0 spiro atoms. The zero-order valence-electron chi connectivity index (χ0n) is 11.7. The van der Waals surface area contributed by atoms with Gasteiger partial charge in [-0.25, -0.2) is 0 Å². The number of amides is 1. The van der Waals surface area contributed by atoms with Crippen molar-refractivity contribution in [3.05, 3.63) is 29.8 Å². The van der Waals surface area contributed by atoms with E-state index in [4.69, 9.17) is 4.74 Å². The topological polar surface area (TPSA) is 49.8 Å². The number of aliphatic hydroxyl groups is 1. The van der Waals surface area contributed by atoms with Crippen molar-refractivity contribution in [2.45, 2.75) is 26.4 Å². The van der Waals surface area contributed by atoms with E-state index < -0.39 is 5.60 Å². The highest BCUT2D eigenvalue weighted by Gasteiger charge is 2.45. The quantitative estimate of drug-likeness (QED) is 0.897. The van der Waals surface area contributed by atoms with Crippen LogP contribution in [-0.2, 0) is 4.79 Å². The van der Waals surface area contributed by atoms with Gasteiger partial charge in [0.2, 0.25) is 0 Å². The summed E-state index contributed by atoms with van der Waals surface area (Å²) in [6.45, 7) is 6.71. The van der Waals surface area contributed by atoms with Gasteiger partial charge in [-0.1, -0.05) is 32.0 Å². The number of benzene rings is 1. The standard InChI is InChI=1S/C15H21NO3/c1-11(2)15(18)9-16(10-15)14(17)8-19-13-7-5-4-6-12(13)3/h4-7,11,18H,8-10H2,1-3H3. The Labute approximate surface area is 114 Å². The van der Waals surface area contributed by atoms with E-state index in [0.29, 0.717) is 13.1 Å². The van der Waals surface area contributed by atoms with E-state index in [1.54, 1.807) is 4.90 Å². The van der Waals surface area contributed by atoms with Crippen LogP contribution in [-0.4, -0.2) is 41.2 Å². The highest BCUT2D eigenvalue weighted by atomic mass is 16.5. The lowest BCUT2D eigenvalue weighted by atomic mass is 9.83. The third-order valence-electron chi connectivity index (χ3n) is 3.80. The first-order valence-electron chi connectivity index (χ1n) is 6.61. The lowest BCUT2D eigenvalue weighted by molar-refractivity contribution is -0.165. The fraction of sp³-hybridized carbons (Fsp3) is 0.533. The van der Waals surface area contributed by atoms with Gasteiger partial charge < -0.3 is 14.7 Å². The summed E-state index contributed by atoms with van der Waals surface area (Å²) in [5, 5.41) is 10.1. The van der Waals surface area contributed by atoms with E-state index in [1.165, 1.54) is 0 Å². The normalized spacial score (nSPS) is 17.2. The van der Waals surface area contributed by atoms with Gasteiger partial charge in [-0.3, -0.25) is 4.79 Å². The second-order valence-electron chi connectivity index (χ2n) is 5.56. The second-order valence-corrected chi connectivity index (χ2v) is 5.56. The minimum absolute atomic E-state index is 0.0268. The Hall–Kier alpha value is -1.55. The average molecular weight is 263 g/mol. The van der Waals surface area contributed by atoms with Crippen molar-refractivity contribution in [3.8, 4) is 5.75 Å². The number of aryl methyl sites for hydroxylation is 1. The first-order chi connectivity index (χ1) is 8.92. The molecule has 0 aliphatic carbocycles. The van der Waals surface area contributed by atoms with Gasteiger partial charge in [0.15, 0.2) is 6.61 Å². The van der Waals surface area contributed by atoms with Crippen molar-refractivity contribution >= 4 is 5.91 Å². The molecule has 1 saturated heterocycles. The van der Waals surface area contributed by atoms with E-state index in [-0.39, 0.29) is 18.4 Å². The monoisotopic (exact) mass is 263 g/mol. The Morgan fingerprint density at radius 1 is 1.42 bits per heavy atom. The van der Waals surface area contributed by atoms with Gasteiger partial charge in [0.05, 0.1) is 13.1 Å². The Kier molecular flexibility index (Phi) is 3.80. The van der Waals surface area contributed by atoms with Gasteiger partial charge in [-0.2, -0.15) is 0 Å². The minimum atomic E-state index is -0.724. The van der Waals surface area contributed by atoms with Crippen LogP contribution in [0.2, 0.25) is 0 Å². The van der Waals surface area contributed by atoms with Crippen molar-refractivity contribution in [2.75, 3.05) is 19.7 Å². The maximum Gasteiger partial charge on any atom is 0.260 e. The van der Waals surface area contributed by atoms with Gasteiger partial charge in [0, 0.05) is 0 Å². The molecule has 4 heteroatoms. The average Bonchev–Trinajstić information content (AvgIpc) is 2.33. The molecule has 2 rings (SSSR count). The molecular weight excluding hydrogens is 242 g/mol. The molecule has 1 aliphatic heterocycles. The van der Waals surface area contributed by atoms with Gasteiger partial charge in [-0.05, 0) is 24.5 Å². The molecule has 1 amide bonds. The molecule has 0 saturated carbocycles. The zero-order valence-corrected chi connectivity index (χ0v) is 11.7. The predicted octanol–water partition coefficient (Wildman–Crippen LogP) is 1.60. The molecule has 0 atom stereocenters. The van der Waals surface area contributed by atoms with Crippen molar-refractivity contribution in [1.29, 1.82) is 0 Å². The molecule has 104 valence electrons. The number of para-hydroxylation sites is 1. The molecule has 0 radical (unpaired) electrons. The van der Waals surface area contributed by atoms with Gasteiger partial charge in [-0.15, -0.1) is 0 Å². The number of carbonyl (C=O) groups is 1. The SMILES string of the molecule is Cc1ccccc1OCC(=O)N1CC(O)(C(C)C)C1. The third-order valence-corrected chi connectivity index (χ3v) is 3.80. The Balaban J connectivity index is 1.83. The molecule has 1 aromatic carbocycles. The minimum Gasteiger partial charge on any atom is -0.484 e. The van der Waals surface area contributed by atoms with Crippen molar-refractivity contribution < 1.29 is 14.6 Å². The molecule has 0 unspecified atom stereocenters. The van der Waals surface area contributed by atoms with Crippen LogP contribution in [0.5, 0.6) is 5.75 Å². The van der Waals surface area contributed by atoms with E-state index in [2.05, 4.69) is 0 Å². The number of hydrogen-bond donors (Lipinski definition) is 1. The summed E-state index contributed by atoms with van der Waals surface area (Å²) < 4.78 is 5.51. The smallest absolute Gasteiger partial charge is 0.260 e. The molecule has 1 N–H and O–H groups in total. The first kappa shape index (κ1) is 13.9. The summed E-state index contributed by atoms with van der Waals surface area (Å²) in [6, 6.07) is 7.61. The summed E-state index contributed by atoms with van der Waals surface area (Å²) in [5.41, 5.74) is 0.288. The molecule has 0 bridgehead atoms. The summed E-state index contributed by atoms with van der Waals surface area (Å²) >= 11 is 0. The Morgan fingerprint density at radius 2 is 2.05 bits per heavy atom. The lowest BCUT2D eigenvalue weighted by Crippen LogP contribution is -2.66. The van der Waals surface area contributed by atoms with Crippen LogP contribution in [0.15, 0.2) is 24.3 Å². The summed E-state index contributed by atoms with van der Waals surface area (Å²) in [5.74, 6) is 0.818. The molecule has 19 heavy (non-hydrogen) atoms. The number of rotatable bonds is 4. The fourth-order valence-electron chi connectivity index (χ4n) is 2.11. The van der Waals surface area contributed by atoms with Crippen LogP contribution in [0.4, 0.5) is 0 Å². The molecule has 1 fully saturated rings. The summed E-state index contributed by atoms with van der Waals surface area (Å²) in [7, 11) is 0. The van der Waals surface area contributed by atoms with Crippen LogP contribution in [0.1, 0.15) is 19.4 Å². The highest BCUT2D eigenvalue weighted by Crippen LogP contribution is 2.28. The Bertz CT molecular complexity index is 464. The molecule has 1 aliphatic rings. The number of nitrogens with zero attached hydrogens (tertiary/aromatic N) is 1. The number of β-amino-alcohol motifs (C(OH)–C–C–N with tert-alkyl or cyclic N) is 1. The third kappa shape index (κ3) is 2.89. The van der Waals surface area contributed by atoms with Crippen molar-refractivity contribution in [2.24, 2.45) is 5.92 Å². The summed E-state index contributed by atoms with van der Waals surface area (Å²) in [6.07, 6.45) is 0. The molecule has 4 nitrogen and oxygen atoms in total. The Morgan fingerprint density at radius 3 is 2.63 bits per heavy atom. The maximum atomic E-state index is 11.9. The van der Waals surface area contributed by atoms with E-state index in [1.807, 2.05) is 45.0 Å². The van der Waals surface area contributed by atoms with Gasteiger partial charge >= 0.3 is 0 Å². The molecule has 1 aromatic rings. The van der Waals surface area contributed by atoms with E-state index in [0.717, 1.165) is 11.3 Å². The van der Waals surface area contributed by atoms with E-state index >= 15 is 0 Å². The number of hydrogen-bond acceptors (Lipinski definition) is 3. The fourth-order valence-corrected chi connectivity index (χ4v) is 2.11.